The summed E-state index contributed by atoms with van der Waals surface area (Å²) in [6, 6.07) is 0. The van der Waals surface area contributed by atoms with Gasteiger partial charge in [-0.3, -0.25) is 4.79 Å². The van der Waals surface area contributed by atoms with Crippen molar-refractivity contribution in [2.75, 3.05) is 6.61 Å². The Morgan fingerprint density at radius 1 is 1.40 bits per heavy atom. The van der Waals surface area contributed by atoms with Crippen LogP contribution in [-0.4, -0.2) is 12.6 Å². The number of esters is 1. The highest BCUT2D eigenvalue weighted by Gasteiger charge is 2.06. The topological polar surface area (TPSA) is 26.3 Å². The molecule has 0 saturated heterocycles. The second-order valence-corrected chi connectivity index (χ2v) is 3.68. The first-order valence-corrected chi connectivity index (χ1v) is 5.60. The van der Waals surface area contributed by atoms with E-state index in [-0.39, 0.29) is 5.97 Å². The monoisotopic (exact) mass is 210 g/mol. The van der Waals surface area contributed by atoms with Gasteiger partial charge in [0.2, 0.25) is 0 Å². The summed E-state index contributed by atoms with van der Waals surface area (Å²) in [5.41, 5.74) is 1.24. The molecule has 0 aliphatic rings. The number of carbonyl (C=O) groups excluding carboxylic acids is 1. The number of rotatable bonds is 6. The van der Waals surface area contributed by atoms with E-state index in [0.717, 1.165) is 6.42 Å². The number of carbonyl (C=O) groups is 1. The maximum absolute atomic E-state index is 10.9. The first-order valence-electron chi connectivity index (χ1n) is 5.60. The summed E-state index contributed by atoms with van der Waals surface area (Å²) >= 11 is 0. The van der Waals surface area contributed by atoms with E-state index < -0.39 is 0 Å². The normalized spacial score (nSPS) is 14.3. The molecule has 86 valence electrons. The minimum absolute atomic E-state index is 0.126. The quantitative estimate of drug-likeness (QED) is 0.495. The van der Waals surface area contributed by atoms with Crippen LogP contribution in [-0.2, 0) is 9.53 Å². The van der Waals surface area contributed by atoms with E-state index in [1.807, 2.05) is 6.08 Å². The molecule has 2 nitrogen and oxygen atoms in total. The Balaban J connectivity index is 3.98. The van der Waals surface area contributed by atoms with Gasteiger partial charge in [0.1, 0.15) is 0 Å². The maximum atomic E-state index is 10.9. The molecule has 15 heavy (non-hydrogen) atoms. The molecule has 0 fully saturated rings. The van der Waals surface area contributed by atoms with E-state index in [1.54, 1.807) is 6.92 Å². The molecule has 0 heterocycles. The van der Waals surface area contributed by atoms with Gasteiger partial charge in [0.25, 0.3) is 0 Å². The molecule has 1 atom stereocenters. The van der Waals surface area contributed by atoms with E-state index in [2.05, 4.69) is 32.9 Å². The molecule has 0 aliphatic heterocycles. The van der Waals surface area contributed by atoms with E-state index in [1.165, 1.54) is 5.57 Å². The lowest BCUT2D eigenvalue weighted by atomic mass is 10.0. The molecule has 0 spiro atoms. The molecule has 0 aromatic heterocycles. The molecular formula is C13H22O2. The Kier molecular flexibility index (Phi) is 7.69. The largest absolute Gasteiger partial charge is 0.465 e. The van der Waals surface area contributed by atoms with Crippen molar-refractivity contribution in [3.05, 3.63) is 23.8 Å². The van der Waals surface area contributed by atoms with Crippen molar-refractivity contribution >= 4 is 5.97 Å². The number of ether oxygens (including phenoxy) is 1. The third-order valence-corrected chi connectivity index (χ3v) is 2.29. The van der Waals surface area contributed by atoms with Crippen LogP contribution in [0.2, 0.25) is 0 Å². The minimum atomic E-state index is -0.126. The lowest BCUT2D eigenvalue weighted by molar-refractivity contribution is -0.144. The lowest BCUT2D eigenvalue weighted by Gasteiger charge is -2.11. The first kappa shape index (κ1) is 13.9. The molecule has 0 rings (SSSR count). The number of allylic oxidation sites excluding steroid dienone is 3. The highest BCUT2D eigenvalue weighted by Crippen LogP contribution is 2.10. The summed E-state index contributed by atoms with van der Waals surface area (Å²) in [7, 11) is 0. The van der Waals surface area contributed by atoms with Crippen LogP contribution in [0.5, 0.6) is 0 Å². The van der Waals surface area contributed by atoms with Gasteiger partial charge in [-0.2, -0.15) is 0 Å². The van der Waals surface area contributed by atoms with Crippen molar-refractivity contribution in [3.8, 4) is 0 Å². The van der Waals surface area contributed by atoms with Gasteiger partial charge >= 0.3 is 5.97 Å². The van der Waals surface area contributed by atoms with Gasteiger partial charge in [0.15, 0.2) is 0 Å². The van der Waals surface area contributed by atoms with E-state index in [4.69, 9.17) is 4.74 Å². The van der Waals surface area contributed by atoms with Gasteiger partial charge in [-0.1, -0.05) is 44.6 Å². The van der Waals surface area contributed by atoms with Gasteiger partial charge < -0.3 is 4.74 Å². The summed E-state index contributed by atoms with van der Waals surface area (Å²) in [6.45, 7) is 8.51. The van der Waals surface area contributed by atoms with Crippen molar-refractivity contribution in [2.24, 2.45) is 5.92 Å². The molecule has 1 unspecified atom stereocenters. The average molecular weight is 210 g/mol. The fourth-order valence-electron chi connectivity index (χ4n) is 0.972. The third kappa shape index (κ3) is 6.95. The van der Waals surface area contributed by atoms with E-state index in [9.17, 15) is 4.79 Å². The number of hydrogen-bond donors (Lipinski definition) is 0. The predicted octanol–water partition coefficient (Wildman–Crippen LogP) is 3.49. The summed E-state index contributed by atoms with van der Waals surface area (Å²) in [5, 5.41) is 0. The Bertz CT molecular complexity index is 239. The summed E-state index contributed by atoms with van der Waals surface area (Å²) in [5.74, 6) is 0.167. The van der Waals surface area contributed by atoms with Gasteiger partial charge in [0.05, 0.1) is 6.61 Å². The number of hydrogen-bond acceptors (Lipinski definition) is 2. The smallest absolute Gasteiger partial charge is 0.305 e. The average Bonchev–Trinajstić information content (AvgIpc) is 2.25. The molecule has 0 N–H and O–H groups in total. The fraction of sp³-hybridized carbons (Fsp3) is 0.615. The SMILES string of the molecule is CC/C=C/C=C(\C)C(C)COC(=O)CC. The molecule has 0 bridgehead atoms. The molecule has 0 aromatic carbocycles. The van der Waals surface area contributed by atoms with Gasteiger partial charge in [-0.25, -0.2) is 0 Å². The van der Waals surface area contributed by atoms with Gasteiger partial charge in [-0.15, -0.1) is 0 Å². The van der Waals surface area contributed by atoms with Crippen LogP contribution in [0.15, 0.2) is 23.8 Å². The zero-order valence-corrected chi connectivity index (χ0v) is 10.2. The standard InChI is InChI=1S/C13H22O2/c1-5-7-8-9-11(3)12(4)10-15-13(14)6-2/h7-9,12H,5-6,10H2,1-4H3/b8-7+,11-9+. The van der Waals surface area contributed by atoms with Gasteiger partial charge in [-0.05, 0) is 13.3 Å². The van der Waals surface area contributed by atoms with Crippen LogP contribution in [0, 0.1) is 5.92 Å². The van der Waals surface area contributed by atoms with Crippen LogP contribution in [0.25, 0.3) is 0 Å². The van der Waals surface area contributed by atoms with Crippen molar-refractivity contribution in [1.29, 1.82) is 0 Å². The van der Waals surface area contributed by atoms with Crippen LogP contribution in [0.4, 0.5) is 0 Å². The van der Waals surface area contributed by atoms with E-state index >= 15 is 0 Å². The minimum Gasteiger partial charge on any atom is -0.465 e. The van der Waals surface area contributed by atoms with E-state index in [0.29, 0.717) is 18.9 Å². The molecule has 0 saturated carbocycles. The Morgan fingerprint density at radius 3 is 2.60 bits per heavy atom. The second kappa shape index (κ2) is 8.27. The summed E-state index contributed by atoms with van der Waals surface area (Å²) < 4.78 is 5.08. The second-order valence-electron chi connectivity index (χ2n) is 3.68. The molecule has 0 aromatic rings. The van der Waals surface area contributed by atoms with Crippen LogP contribution in [0.1, 0.15) is 40.5 Å². The van der Waals surface area contributed by atoms with Crippen LogP contribution < -0.4 is 0 Å². The molecular weight excluding hydrogens is 188 g/mol. The van der Waals surface area contributed by atoms with Gasteiger partial charge in [0, 0.05) is 12.3 Å². The Morgan fingerprint density at radius 2 is 2.07 bits per heavy atom. The summed E-state index contributed by atoms with van der Waals surface area (Å²) in [6.07, 6.45) is 7.73. The first-order chi connectivity index (χ1) is 7.11. The maximum Gasteiger partial charge on any atom is 0.305 e. The predicted molar refractivity (Wildman–Crippen MR) is 63.6 cm³/mol. The Hall–Kier alpha value is -1.05. The van der Waals surface area contributed by atoms with Crippen LogP contribution in [0.3, 0.4) is 0 Å². The van der Waals surface area contributed by atoms with Crippen molar-refractivity contribution in [1.82, 2.24) is 0 Å². The molecule has 0 amide bonds. The van der Waals surface area contributed by atoms with Crippen molar-refractivity contribution < 1.29 is 9.53 Å². The molecule has 2 heteroatoms. The zero-order valence-electron chi connectivity index (χ0n) is 10.2. The highest BCUT2D eigenvalue weighted by atomic mass is 16.5. The highest BCUT2D eigenvalue weighted by molar-refractivity contribution is 5.68. The fourth-order valence-corrected chi connectivity index (χ4v) is 0.972. The zero-order chi connectivity index (χ0) is 11.7. The molecule has 0 aliphatic carbocycles. The molecule has 0 radical (unpaired) electrons. The Labute approximate surface area is 93.0 Å². The summed E-state index contributed by atoms with van der Waals surface area (Å²) in [4.78, 5) is 10.9. The van der Waals surface area contributed by atoms with Crippen molar-refractivity contribution in [2.45, 2.75) is 40.5 Å². The van der Waals surface area contributed by atoms with Crippen LogP contribution >= 0.6 is 0 Å². The lowest BCUT2D eigenvalue weighted by Crippen LogP contribution is -2.11. The third-order valence-electron chi connectivity index (χ3n) is 2.29. The van der Waals surface area contributed by atoms with Crippen molar-refractivity contribution in [3.63, 3.8) is 0 Å².